The number of carbonyl (C=O) groups is 1. The molecular formula is C12H10N6O3. The van der Waals surface area contributed by atoms with Crippen LogP contribution in [0.4, 0.5) is 0 Å². The minimum atomic E-state index is -1.16. The highest BCUT2D eigenvalue weighted by atomic mass is 16.6. The second kappa shape index (κ2) is 5.12. The van der Waals surface area contributed by atoms with E-state index in [1.165, 1.54) is 4.68 Å². The van der Waals surface area contributed by atoms with Crippen LogP contribution >= 0.6 is 0 Å². The van der Waals surface area contributed by atoms with E-state index in [-0.39, 0.29) is 12.2 Å². The molecule has 0 fully saturated rings. The van der Waals surface area contributed by atoms with E-state index >= 15 is 0 Å². The van der Waals surface area contributed by atoms with Crippen molar-refractivity contribution < 1.29 is 14.5 Å². The van der Waals surface area contributed by atoms with Crippen molar-refractivity contribution in [3.05, 3.63) is 41.6 Å². The van der Waals surface area contributed by atoms with E-state index in [1.807, 2.05) is 0 Å². The van der Waals surface area contributed by atoms with Crippen molar-refractivity contribution in [2.75, 3.05) is 0 Å². The van der Waals surface area contributed by atoms with Crippen LogP contribution in [0.1, 0.15) is 21.9 Å². The number of aromatic carboxylic acids is 1. The van der Waals surface area contributed by atoms with Gasteiger partial charge < -0.3 is 5.11 Å². The Morgan fingerprint density at radius 2 is 2.29 bits per heavy atom. The monoisotopic (exact) mass is 286 g/mol. The molecule has 106 valence electrons. The number of aromatic nitrogens is 6. The fourth-order valence-corrected chi connectivity index (χ4v) is 1.89. The van der Waals surface area contributed by atoms with Crippen LogP contribution in [0, 0.1) is 6.92 Å². The van der Waals surface area contributed by atoms with E-state index in [4.69, 9.17) is 0 Å². The predicted octanol–water partition coefficient (Wildman–Crippen LogP) is 0.778. The average molecular weight is 286 g/mol. The number of carboxylic acid groups (broad SMARTS) is 1. The third-order valence-corrected chi connectivity index (χ3v) is 2.92. The van der Waals surface area contributed by atoms with E-state index in [0.717, 1.165) is 0 Å². The van der Waals surface area contributed by atoms with Crippen molar-refractivity contribution >= 4 is 5.97 Å². The van der Waals surface area contributed by atoms with Crippen LogP contribution in [0.25, 0.3) is 11.3 Å². The van der Waals surface area contributed by atoms with Crippen molar-refractivity contribution in [3.63, 3.8) is 0 Å². The first kappa shape index (κ1) is 12.9. The summed E-state index contributed by atoms with van der Waals surface area (Å²) in [5.41, 5.74) is 1.99. The van der Waals surface area contributed by atoms with Gasteiger partial charge in [0.25, 0.3) is 0 Å². The Balaban J connectivity index is 2.09. The number of rotatable bonds is 4. The van der Waals surface area contributed by atoms with Crippen molar-refractivity contribution in [2.24, 2.45) is 0 Å². The average Bonchev–Trinajstić information content (AvgIpc) is 3.07. The zero-order valence-corrected chi connectivity index (χ0v) is 11.0. The van der Waals surface area contributed by atoms with E-state index in [1.54, 1.807) is 31.5 Å². The summed E-state index contributed by atoms with van der Waals surface area (Å²) in [6.45, 7) is 1.95. The Morgan fingerprint density at radius 1 is 1.43 bits per heavy atom. The summed E-state index contributed by atoms with van der Waals surface area (Å²) in [5, 5.41) is 24.3. The molecule has 1 N–H and O–H groups in total. The summed E-state index contributed by atoms with van der Waals surface area (Å²) in [7, 11) is 0. The SMILES string of the molecule is Cc1nonc1Cn1nnc(C(=O)O)c1-c1cccnc1. The Labute approximate surface area is 118 Å². The molecule has 0 aliphatic carbocycles. The largest absolute Gasteiger partial charge is 0.476 e. The molecular weight excluding hydrogens is 276 g/mol. The molecule has 0 atom stereocenters. The molecule has 9 heteroatoms. The maximum absolute atomic E-state index is 11.3. The maximum Gasteiger partial charge on any atom is 0.358 e. The van der Waals surface area contributed by atoms with Crippen LogP contribution in [0.15, 0.2) is 29.2 Å². The van der Waals surface area contributed by atoms with E-state index in [0.29, 0.717) is 22.6 Å². The van der Waals surface area contributed by atoms with Crippen molar-refractivity contribution in [3.8, 4) is 11.3 Å². The molecule has 0 aromatic carbocycles. The fourth-order valence-electron chi connectivity index (χ4n) is 1.89. The molecule has 0 amide bonds. The van der Waals surface area contributed by atoms with Crippen LogP contribution < -0.4 is 0 Å². The van der Waals surface area contributed by atoms with Gasteiger partial charge in [0.2, 0.25) is 0 Å². The minimum Gasteiger partial charge on any atom is -0.476 e. The van der Waals surface area contributed by atoms with Gasteiger partial charge >= 0.3 is 5.97 Å². The minimum absolute atomic E-state index is 0.142. The summed E-state index contributed by atoms with van der Waals surface area (Å²) in [5.74, 6) is -1.16. The highest BCUT2D eigenvalue weighted by Crippen LogP contribution is 2.22. The molecule has 0 unspecified atom stereocenters. The second-order valence-corrected chi connectivity index (χ2v) is 4.29. The molecule has 3 heterocycles. The second-order valence-electron chi connectivity index (χ2n) is 4.29. The zero-order chi connectivity index (χ0) is 14.8. The molecule has 0 bridgehead atoms. The fraction of sp³-hybridized carbons (Fsp3) is 0.167. The Kier molecular flexibility index (Phi) is 3.14. The molecule has 0 saturated heterocycles. The summed E-state index contributed by atoms with van der Waals surface area (Å²) in [6, 6.07) is 3.45. The molecule has 0 saturated carbocycles. The number of pyridine rings is 1. The van der Waals surface area contributed by atoms with Crippen LogP contribution in [-0.4, -0.2) is 41.4 Å². The molecule has 21 heavy (non-hydrogen) atoms. The van der Waals surface area contributed by atoms with Crippen LogP contribution in [0.3, 0.4) is 0 Å². The van der Waals surface area contributed by atoms with Gasteiger partial charge in [-0.05, 0) is 19.1 Å². The molecule has 0 aliphatic heterocycles. The van der Waals surface area contributed by atoms with Gasteiger partial charge in [-0.15, -0.1) is 5.10 Å². The van der Waals surface area contributed by atoms with E-state index < -0.39 is 5.97 Å². The molecule has 3 rings (SSSR count). The highest BCUT2D eigenvalue weighted by molar-refractivity contribution is 5.92. The smallest absolute Gasteiger partial charge is 0.358 e. The molecule has 3 aromatic rings. The zero-order valence-electron chi connectivity index (χ0n) is 11.0. The summed E-state index contributed by atoms with van der Waals surface area (Å²) < 4.78 is 6.06. The van der Waals surface area contributed by atoms with Gasteiger partial charge in [0.05, 0.1) is 6.54 Å². The highest BCUT2D eigenvalue weighted by Gasteiger charge is 2.22. The Bertz CT molecular complexity index is 779. The number of carboxylic acids is 1. The van der Waals surface area contributed by atoms with Crippen LogP contribution in [0.5, 0.6) is 0 Å². The quantitative estimate of drug-likeness (QED) is 0.747. The molecule has 0 aliphatic rings. The summed E-state index contributed by atoms with van der Waals surface area (Å²) in [6.07, 6.45) is 3.15. The maximum atomic E-state index is 11.3. The van der Waals surface area contributed by atoms with Crippen molar-refractivity contribution in [2.45, 2.75) is 13.5 Å². The number of aryl methyl sites for hydroxylation is 1. The molecule has 0 radical (unpaired) electrons. The molecule has 3 aromatic heterocycles. The Morgan fingerprint density at radius 3 is 2.90 bits per heavy atom. The molecule has 0 spiro atoms. The normalized spacial score (nSPS) is 10.7. The first-order valence-electron chi connectivity index (χ1n) is 6.02. The predicted molar refractivity (Wildman–Crippen MR) is 68.3 cm³/mol. The van der Waals surface area contributed by atoms with Gasteiger partial charge in [-0.25, -0.2) is 14.1 Å². The van der Waals surface area contributed by atoms with Gasteiger partial charge in [0.15, 0.2) is 5.69 Å². The lowest BCUT2D eigenvalue weighted by molar-refractivity contribution is 0.0691. The third-order valence-electron chi connectivity index (χ3n) is 2.92. The van der Waals surface area contributed by atoms with Gasteiger partial charge in [-0.1, -0.05) is 15.5 Å². The van der Waals surface area contributed by atoms with Gasteiger partial charge in [-0.2, -0.15) is 0 Å². The van der Waals surface area contributed by atoms with E-state index in [9.17, 15) is 9.90 Å². The topological polar surface area (TPSA) is 120 Å². The van der Waals surface area contributed by atoms with Crippen molar-refractivity contribution in [1.29, 1.82) is 0 Å². The lowest BCUT2D eigenvalue weighted by atomic mass is 10.1. The third kappa shape index (κ3) is 2.36. The first-order valence-corrected chi connectivity index (χ1v) is 6.02. The number of nitrogens with zero attached hydrogens (tertiary/aromatic N) is 6. The standard InChI is InChI=1S/C12H10N6O3/c1-7-9(16-21-15-7)6-18-11(8-3-2-4-13-5-8)10(12(19)20)14-17-18/h2-5H,6H2,1H3,(H,19,20). The summed E-state index contributed by atoms with van der Waals surface area (Å²) >= 11 is 0. The van der Waals surface area contributed by atoms with Crippen LogP contribution in [-0.2, 0) is 6.54 Å². The van der Waals surface area contributed by atoms with Gasteiger partial charge in [0.1, 0.15) is 17.1 Å². The lowest BCUT2D eigenvalue weighted by Crippen LogP contribution is -2.07. The number of hydrogen-bond donors (Lipinski definition) is 1. The van der Waals surface area contributed by atoms with Crippen molar-refractivity contribution in [1.82, 2.24) is 30.3 Å². The first-order chi connectivity index (χ1) is 10.2. The Hall–Kier alpha value is -3.10. The van der Waals surface area contributed by atoms with Gasteiger partial charge in [0, 0.05) is 18.0 Å². The number of hydrogen-bond acceptors (Lipinski definition) is 7. The van der Waals surface area contributed by atoms with Crippen LogP contribution in [0.2, 0.25) is 0 Å². The van der Waals surface area contributed by atoms with E-state index in [2.05, 4.69) is 30.2 Å². The summed E-state index contributed by atoms with van der Waals surface area (Å²) in [4.78, 5) is 15.3. The van der Waals surface area contributed by atoms with Gasteiger partial charge in [-0.3, -0.25) is 4.98 Å². The lowest BCUT2D eigenvalue weighted by Gasteiger charge is -2.05. The molecule has 9 nitrogen and oxygen atoms in total.